The van der Waals surface area contributed by atoms with E-state index in [1.54, 1.807) is 19.4 Å². The van der Waals surface area contributed by atoms with Crippen molar-refractivity contribution in [1.29, 1.82) is 0 Å². The average molecular weight is 375 g/mol. The number of hydrogen-bond acceptors (Lipinski definition) is 5. The van der Waals surface area contributed by atoms with Gasteiger partial charge in [0.1, 0.15) is 5.75 Å². The van der Waals surface area contributed by atoms with Crippen molar-refractivity contribution in [3.8, 4) is 5.75 Å². The van der Waals surface area contributed by atoms with E-state index in [1.807, 2.05) is 24.3 Å². The molecule has 138 valence electrons. The molecule has 26 heavy (non-hydrogen) atoms. The van der Waals surface area contributed by atoms with Crippen LogP contribution in [-0.4, -0.2) is 41.2 Å². The maximum Gasteiger partial charge on any atom is 0.228 e. The number of rotatable bonds is 5. The van der Waals surface area contributed by atoms with Crippen LogP contribution in [-0.2, 0) is 10.1 Å². The predicted octanol–water partition coefficient (Wildman–Crippen LogP) is 3.46. The Balaban J connectivity index is 1.80. The summed E-state index contributed by atoms with van der Waals surface area (Å²) in [6, 6.07) is 7.14. The third-order valence-electron chi connectivity index (χ3n) is 6.01. The van der Waals surface area contributed by atoms with Crippen LogP contribution in [0.5, 0.6) is 5.75 Å². The molecule has 3 aliphatic heterocycles. The number of methoxy groups -OCH3 is 1. The normalized spacial score (nSPS) is 30.1. The zero-order chi connectivity index (χ0) is 18.3. The minimum Gasteiger partial charge on any atom is -0.497 e. The second-order valence-corrected chi connectivity index (χ2v) is 7.36. The first kappa shape index (κ1) is 17.7. The fraction of sp³-hybridized carbons (Fsp3) is 0.450. The summed E-state index contributed by atoms with van der Waals surface area (Å²) in [6.45, 7) is 5.75. The highest BCUT2D eigenvalue weighted by molar-refractivity contribution is 6.07. The SMILES string of the molecule is C=C[C@@H]1CN2CC[C@@H]1C[C@@H]2[C@@](O)(OCl)c1ccnc2ccc(OC)cc12. The first-order valence-corrected chi connectivity index (χ1v) is 9.23. The van der Waals surface area contributed by atoms with Crippen molar-refractivity contribution in [3.05, 3.63) is 48.7 Å². The van der Waals surface area contributed by atoms with Gasteiger partial charge in [-0.2, -0.15) is 0 Å². The third kappa shape index (κ3) is 2.70. The van der Waals surface area contributed by atoms with Crippen molar-refractivity contribution in [2.24, 2.45) is 11.8 Å². The highest BCUT2D eigenvalue weighted by Gasteiger charge is 2.51. The molecule has 0 aliphatic carbocycles. The van der Waals surface area contributed by atoms with E-state index in [0.29, 0.717) is 23.1 Å². The second kappa shape index (κ2) is 6.82. The summed E-state index contributed by atoms with van der Waals surface area (Å²) < 4.78 is 10.6. The molecule has 6 heteroatoms. The van der Waals surface area contributed by atoms with Gasteiger partial charge in [-0.3, -0.25) is 9.88 Å². The van der Waals surface area contributed by atoms with Crippen molar-refractivity contribution in [3.63, 3.8) is 0 Å². The topological polar surface area (TPSA) is 54.8 Å². The van der Waals surface area contributed by atoms with E-state index in [2.05, 4.69) is 16.5 Å². The van der Waals surface area contributed by atoms with Crippen molar-refractivity contribution in [1.82, 2.24) is 9.88 Å². The summed E-state index contributed by atoms with van der Waals surface area (Å²) in [7, 11) is 1.61. The zero-order valence-electron chi connectivity index (χ0n) is 14.8. The molecule has 0 spiro atoms. The maximum absolute atomic E-state index is 11.6. The minimum atomic E-state index is -1.63. The third-order valence-corrected chi connectivity index (χ3v) is 6.25. The van der Waals surface area contributed by atoms with Crippen LogP contribution in [0.1, 0.15) is 18.4 Å². The molecule has 5 rings (SSSR count). The first-order chi connectivity index (χ1) is 12.6. The van der Waals surface area contributed by atoms with Gasteiger partial charge in [0, 0.05) is 23.7 Å². The zero-order valence-corrected chi connectivity index (χ0v) is 15.5. The molecular formula is C20H23ClN2O3. The number of halogens is 1. The number of pyridine rings is 1. The molecule has 3 fully saturated rings. The molecule has 0 amide bonds. The molecule has 2 aromatic rings. The van der Waals surface area contributed by atoms with E-state index >= 15 is 0 Å². The molecule has 5 nitrogen and oxygen atoms in total. The molecule has 0 saturated carbocycles. The summed E-state index contributed by atoms with van der Waals surface area (Å²) >= 11 is 5.91. The van der Waals surface area contributed by atoms with Gasteiger partial charge in [-0.1, -0.05) is 6.08 Å². The Hall–Kier alpha value is -1.66. The molecule has 3 aliphatic rings. The van der Waals surface area contributed by atoms with E-state index in [-0.39, 0.29) is 6.04 Å². The Labute approximate surface area is 158 Å². The van der Waals surface area contributed by atoms with Crippen LogP contribution in [0.3, 0.4) is 0 Å². The fourth-order valence-electron chi connectivity index (χ4n) is 4.58. The highest BCUT2D eigenvalue weighted by Crippen LogP contribution is 2.46. The van der Waals surface area contributed by atoms with E-state index in [1.165, 1.54) is 0 Å². The van der Waals surface area contributed by atoms with Crippen molar-refractivity contribution in [2.75, 3.05) is 20.2 Å². The molecule has 1 N–H and O–H groups in total. The molecule has 0 radical (unpaired) electrons. The van der Waals surface area contributed by atoms with Crippen LogP contribution in [0.2, 0.25) is 0 Å². The molecule has 1 aromatic heterocycles. The number of aliphatic hydroxyl groups is 1. The highest BCUT2D eigenvalue weighted by atomic mass is 35.5. The van der Waals surface area contributed by atoms with Gasteiger partial charge >= 0.3 is 0 Å². The molecule has 2 bridgehead atoms. The number of hydrogen-bond donors (Lipinski definition) is 1. The smallest absolute Gasteiger partial charge is 0.228 e. The van der Waals surface area contributed by atoms with Gasteiger partial charge in [0.25, 0.3) is 0 Å². The van der Waals surface area contributed by atoms with Crippen LogP contribution < -0.4 is 4.74 Å². The standard InChI is InChI=1S/C20H23ClN2O3/c1-3-13-12-23-9-7-14(13)10-19(23)20(24,26-21)17-6-8-22-18-5-4-15(25-2)11-16(17)18/h3-6,8,11,13-14,19,24H,1,7,9-10,12H2,2H3/t13-,14-,19-,20+/m1/s1. The number of aromatic nitrogens is 1. The summed E-state index contributed by atoms with van der Waals surface area (Å²) in [5.74, 6) is 0.0121. The molecule has 4 heterocycles. The van der Waals surface area contributed by atoms with Crippen LogP contribution in [0.15, 0.2) is 43.1 Å². The number of nitrogens with zero attached hydrogens (tertiary/aromatic N) is 2. The summed E-state index contributed by atoms with van der Waals surface area (Å²) in [5, 5.41) is 12.3. The Bertz CT molecular complexity index is 830. The largest absolute Gasteiger partial charge is 0.497 e. The quantitative estimate of drug-likeness (QED) is 0.641. The molecule has 1 unspecified atom stereocenters. The van der Waals surface area contributed by atoms with Gasteiger partial charge in [0.05, 0.1) is 30.5 Å². The number of ether oxygens (including phenoxy) is 1. The van der Waals surface area contributed by atoms with Crippen LogP contribution in [0.4, 0.5) is 0 Å². The number of benzene rings is 1. The Kier molecular flexibility index (Phi) is 4.65. The van der Waals surface area contributed by atoms with Crippen molar-refractivity contribution < 1.29 is 14.1 Å². The van der Waals surface area contributed by atoms with Gasteiger partial charge in [-0.25, -0.2) is 4.29 Å². The molecule has 5 atom stereocenters. The van der Waals surface area contributed by atoms with Gasteiger partial charge in [-0.05, 0) is 55.5 Å². The monoisotopic (exact) mass is 374 g/mol. The lowest BCUT2D eigenvalue weighted by atomic mass is 9.72. The lowest BCUT2D eigenvalue weighted by molar-refractivity contribution is -0.217. The van der Waals surface area contributed by atoms with Crippen molar-refractivity contribution in [2.45, 2.75) is 24.7 Å². The summed E-state index contributed by atoms with van der Waals surface area (Å²) in [4.78, 5) is 6.66. The lowest BCUT2D eigenvalue weighted by Crippen LogP contribution is -2.61. The number of fused-ring (bicyclic) bond motifs is 4. The molecule has 3 saturated heterocycles. The predicted molar refractivity (Wildman–Crippen MR) is 101 cm³/mol. The van der Waals surface area contributed by atoms with Crippen molar-refractivity contribution >= 4 is 22.8 Å². The van der Waals surface area contributed by atoms with Crippen LogP contribution >= 0.6 is 11.9 Å². The number of piperidine rings is 3. The summed E-state index contributed by atoms with van der Waals surface area (Å²) in [5.41, 5.74) is 1.37. The van der Waals surface area contributed by atoms with Gasteiger partial charge in [0.2, 0.25) is 5.79 Å². The lowest BCUT2D eigenvalue weighted by Gasteiger charge is -2.53. The van der Waals surface area contributed by atoms with E-state index in [4.69, 9.17) is 20.9 Å². The van der Waals surface area contributed by atoms with E-state index < -0.39 is 5.79 Å². The first-order valence-electron chi connectivity index (χ1n) is 8.92. The van der Waals surface area contributed by atoms with Gasteiger partial charge < -0.3 is 9.84 Å². The molecular weight excluding hydrogens is 352 g/mol. The Morgan fingerprint density at radius 3 is 2.92 bits per heavy atom. The van der Waals surface area contributed by atoms with Gasteiger partial charge in [0.15, 0.2) is 0 Å². The molecule has 1 aromatic carbocycles. The second-order valence-electron chi connectivity index (χ2n) is 7.21. The Morgan fingerprint density at radius 1 is 1.42 bits per heavy atom. The maximum atomic E-state index is 11.6. The summed E-state index contributed by atoms with van der Waals surface area (Å²) in [6.07, 6.45) is 5.62. The average Bonchev–Trinajstić information content (AvgIpc) is 2.72. The van der Waals surface area contributed by atoms with Crippen LogP contribution in [0.25, 0.3) is 10.9 Å². The fourth-order valence-corrected chi connectivity index (χ4v) is 4.77. The van der Waals surface area contributed by atoms with Crippen LogP contribution in [0, 0.1) is 11.8 Å². The minimum absolute atomic E-state index is 0.216. The van der Waals surface area contributed by atoms with Gasteiger partial charge in [-0.15, -0.1) is 6.58 Å². The van der Waals surface area contributed by atoms with E-state index in [9.17, 15) is 5.11 Å². The Morgan fingerprint density at radius 2 is 2.27 bits per heavy atom. The van der Waals surface area contributed by atoms with E-state index in [0.717, 1.165) is 36.8 Å².